The fraction of sp³-hybridized carbons (Fsp3) is 0.241. The molecular weight excluding hydrogens is 423 g/mol. The minimum atomic E-state index is -0.235. The highest BCUT2D eigenvalue weighted by atomic mass is 19.1. The molecule has 5 heteroatoms. The normalized spacial score (nSPS) is 12.1. The van der Waals surface area contributed by atoms with E-state index in [1.165, 1.54) is 17.7 Å². The van der Waals surface area contributed by atoms with E-state index in [-0.39, 0.29) is 5.82 Å². The molecule has 0 atom stereocenters. The van der Waals surface area contributed by atoms with E-state index in [9.17, 15) is 4.39 Å². The van der Waals surface area contributed by atoms with Gasteiger partial charge in [-0.1, -0.05) is 64.3 Å². The molecule has 2 aromatic carbocycles. The number of hydrogen-bond acceptors (Lipinski definition) is 3. The second-order valence-corrected chi connectivity index (χ2v) is 7.71. The quantitative estimate of drug-likeness (QED) is 0.390. The summed E-state index contributed by atoms with van der Waals surface area (Å²) in [6.07, 6.45) is 7.27. The molecule has 4 rings (SSSR count). The van der Waals surface area contributed by atoms with Crippen LogP contribution in [0, 0.1) is 5.82 Å². The van der Waals surface area contributed by atoms with Crippen molar-refractivity contribution in [1.82, 2.24) is 14.9 Å². The fourth-order valence-electron chi connectivity index (χ4n) is 3.95. The van der Waals surface area contributed by atoms with Crippen LogP contribution in [0.15, 0.2) is 66.7 Å². The Bertz CT molecular complexity index is 1230. The van der Waals surface area contributed by atoms with E-state index < -0.39 is 0 Å². The summed E-state index contributed by atoms with van der Waals surface area (Å²) in [4.78, 5) is 9.47. The fourth-order valence-corrected chi connectivity index (χ4v) is 3.95. The summed E-state index contributed by atoms with van der Waals surface area (Å²) in [6, 6.07) is 12.8. The molecule has 4 nitrogen and oxygen atoms in total. The van der Waals surface area contributed by atoms with E-state index in [4.69, 9.17) is 4.99 Å². The monoisotopic (exact) mass is 456 g/mol. The van der Waals surface area contributed by atoms with Crippen molar-refractivity contribution in [2.45, 2.75) is 47.1 Å². The molecule has 0 unspecified atom stereocenters. The van der Waals surface area contributed by atoms with Gasteiger partial charge in [-0.05, 0) is 54.3 Å². The Kier molecular flexibility index (Phi) is 8.36. The number of halogens is 1. The SMILES string of the molecule is C=Cc1nc(CC)c(C(=C)NCc2ccc3c(c2)N=C(c2ccc(F)cc2)C3)n1/C=C\C.CC. The second-order valence-electron chi connectivity index (χ2n) is 7.71. The molecule has 0 bridgehead atoms. The predicted molar refractivity (Wildman–Crippen MR) is 143 cm³/mol. The molecule has 1 aliphatic rings. The standard InChI is InChI=1S/C27H27FN4.C2H6/c1-5-14-32-26(7-3)31-23(6-2)27(32)18(4)29-17-19-8-9-21-16-25(30-24(21)15-19)20-10-12-22(28)13-11-20;1-2/h5,7-15,29H,3-4,6,16-17H2,1-2H3;1-2H3/b14-5-;. The first-order valence-electron chi connectivity index (χ1n) is 11.8. The molecule has 2 heterocycles. The van der Waals surface area contributed by atoms with Crippen molar-refractivity contribution in [2.75, 3.05) is 0 Å². The lowest BCUT2D eigenvalue weighted by molar-refractivity contribution is 0.628. The number of aliphatic imine (C=N–C) groups is 1. The van der Waals surface area contributed by atoms with E-state index in [0.717, 1.165) is 58.3 Å². The van der Waals surface area contributed by atoms with Crippen molar-refractivity contribution in [1.29, 1.82) is 0 Å². The Hall–Kier alpha value is -3.73. The molecule has 3 aromatic rings. The second kappa shape index (κ2) is 11.4. The molecule has 1 aromatic heterocycles. The van der Waals surface area contributed by atoms with Gasteiger partial charge in [0.2, 0.25) is 0 Å². The third-order valence-corrected chi connectivity index (χ3v) is 5.56. The number of benzene rings is 2. The number of fused-ring (bicyclic) bond motifs is 1. The Balaban J connectivity index is 0.00000158. The van der Waals surface area contributed by atoms with E-state index in [2.05, 4.69) is 48.6 Å². The summed E-state index contributed by atoms with van der Waals surface area (Å²) < 4.78 is 15.2. The van der Waals surface area contributed by atoms with Gasteiger partial charge in [-0.3, -0.25) is 9.56 Å². The van der Waals surface area contributed by atoms with Crippen molar-refractivity contribution in [3.63, 3.8) is 0 Å². The van der Waals surface area contributed by atoms with Crippen LogP contribution in [-0.2, 0) is 19.4 Å². The molecular formula is C29H33FN4. The minimum absolute atomic E-state index is 0.235. The summed E-state index contributed by atoms with van der Waals surface area (Å²) in [6.45, 7) is 16.8. The summed E-state index contributed by atoms with van der Waals surface area (Å²) in [5, 5.41) is 3.45. The molecule has 0 aliphatic carbocycles. The number of nitrogens with zero attached hydrogens (tertiary/aromatic N) is 3. The van der Waals surface area contributed by atoms with Gasteiger partial charge in [-0.15, -0.1) is 0 Å². The van der Waals surface area contributed by atoms with Crippen molar-refractivity contribution in [3.8, 4) is 0 Å². The van der Waals surface area contributed by atoms with Crippen LogP contribution in [0.25, 0.3) is 18.0 Å². The Morgan fingerprint density at radius 3 is 2.56 bits per heavy atom. The Labute approximate surface area is 202 Å². The average molecular weight is 457 g/mol. The van der Waals surface area contributed by atoms with Gasteiger partial charge in [0.25, 0.3) is 0 Å². The molecule has 0 fully saturated rings. The van der Waals surface area contributed by atoms with Crippen LogP contribution in [0.4, 0.5) is 10.1 Å². The maximum Gasteiger partial charge on any atom is 0.136 e. The van der Waals surface area contributed by atoms with Crippen LogP contribution in [-0.4, -0.2) is 15.3 Å². The first-order chi connectivity index (χ1) is 16.5. The number of allylic oxidation sites excluding steroid dienone is 1. The largest absolute Gasteiger partial charge is 0.380 e. The Morgan fingerprint density at radius 2 is 1.91 bits per heavy atom. The number of imidazole rings is 1. The van der Waals surface area contributed by atoms with Gasteiger partial charge in [-0.25, -0.2) is 9.37 Å². The van der Waals surface area contributed by atoms with Crippen molar-refractivity contribution >= 4 is 29.4 Å². The lowest BCUT2D eigenvalue weighted by Crippen LogP contribution is -2.14. The molecule has 0 radical (unpaired) electrons. The summed E-state index contributed by atoms with van der Waals surface area (Å²) in [7, 11) is 0. The lowest BCUT2D eigenvalue weighted by atomic mass is 10.0. The zero-order chi connectivity index (χ0) is 24.7. The molecule has 0 saturated heterocycles. The van der Waals surface area contributed by atoms with Gasteiger partial charge >= 0.3 is 0 Å². The van der Waals surface area contributed by atoms with Gasteiger partial charge < -0.3 is 5.32 Å². The minimum Gasteiger partial charge on any atom is -0.380 e. The van der Waals surface area contributed by atoms with Crippen molar-refractivity contribution in [3.05, 3.63) is 101 Å². The van der Waals surface area contributed by atoms with Crippen LogP contribution in [0.1, 0.15) is 61.6 Å². The molecule has 0 amide bonds. The van der Waals surface area contributed by atoms with Crippen LogP contribution < -0.4 is 5.32 Å². The maximum absolute atomic E-state index is 13.2. The van der Waals surface area contributed by atoms with E-state index in [1.54, 1.807) is 18.2 Å². The molecule has 1 aliphatic heterocycles. The topological polar surface area (TPSA) is 42.2 Å². The molecule has 176 valence electrons. The smallest absolute Gasteiger partial charge is 0.136 e. The van der Waals surface area contributed by atoms with Crippen molar-refractivity contribution in [2.24, 2.45) is 4.99 Å². The van der Waals surface area contributed by atoms with Crippen LogP contribution in [0.3, 0.4) is 0 Å². The van der Waals surface area contributed by atoms with Crippen LogP contribution >= 0.6 is 0 Å². The average Bonchev–Trinajstić information content (AvgIpc) is 3.45. The highest BCUT2D eigenvalue weighted by molar-refractivity contribution is 6.06. The predicted octanol–water partition coefficient (Wildman–Crippen LogP) is 7.18. The Morgan fingerprint density at radius 1 is 1.18 bits per heavy atom. The van der Waals surface area contributed by atoms with Gasteiger partial charge in [0.15, 0.2) is 0 Å². The van der Waals surface area contributed by atoms with Gasteiger partial charge in [0.1, 0.15) is 11.6 Å². The van der Waals surface area contributed by atoms with E-state index in [1.807, 2.05) is 37.6 Å². The van der Waals surface area contributed by atoms with Crippen LogP contribution in [0.2, 0.25) is 0 Å². The molecule has 0 spiro atoms. The first-order valence-corrected chi connectivity index (χ1v) is 11.8. The van der Waals surface area contributed by atoms with E-state index in [0.29, 0.717) is 6.54 Å². The van der Waals surface area contributed by atoms with Crippen molar-refractivity contribution < 1.29 is 4.39 Å². The zero-order valence-corrected chi connectivity index (χ0v) is 20.5. The van der Waals surface area contributed by atoms with Gasteiger partial charge in [0.05, 0.1) is 28.5 Å². The van der Waals surface area contributed by atoms with E-state index >= 15 is 0 Å². The van der Waals surface area contributed by atoms with Gasteiger partial charge in [-0.2, -0.15) is 0 Å². The van der Waals surface area contributed by atoms with Gasteiger partial charge in [0, 0.05) is 19.2 Å². The third kappa shape index (κ3) is 5.25. The summed E-state index contributed by atoms with van der Waals surface area (Å²) >= 11 is 0. The maximum atomic E-state index is 13.2. The lowest BCUT2D eigenvalue weighted by Gasteiger charge is -2.13. The number of aromatic nitrogens is 2. The summed E-state index contributed by atoms with van der Waals surface area (Å²) in [5.41, 5.74) is 7.96. The highest BCUT2D eigenvalue weighted by Crippen LogP contribution is 2.30. The molecule has 1 N–H and O–H groups in total. The molecule has 34 heavy (non-hydrogen) atoms. The number of aryl methyl sites for hydroxylation is 1. The number of hydrogen-bond donors (Lipinski definition) is 1. The van der Waals surface area contributed by atoms with Crippen LogP contribution in [0.5, 0.6) is 0 Å². The molecule has 0 saturated carbocycles. The summed E-state index contributed by atoms with van der Waals surface area (Å²) in [5.74, 6) is 0.568. The third-order valence-electron chi connectivity index (χ3n) is 5.56. The highest BCUT2D eigenvalue weighted by Gasteiger charge is 2.18. The first kappa shape index (κ1) is 24.9. The number of nitrogens with one attached hydrogen (secondary N) is 1. The number of rotatable bonds is 8. The zero-order valence-electron chi connectivity index (χ0n) is 20.5.